The molecule has 5 heteroatoms. The third-order valence-corrected chi connectivity index (χ3v) is 4.22. The number of hydrogen-bond donors (Lipinski definition) is 1. The Morgan fingerprint density at radius 1 is 1.16 bits per heavy atom. The van der Waals surface area contributed by atoms with E-state index < -0.39 is 0 Å². The van der Waals surface area contributed by atoms with Gasteiger partial charge in [0.1, 0.15) is 5.78 Å². The fourth-order valence-electron chi connectivity index (χ4n) is 1.33. The second-order valence-electron chi connectivity index (χ2n) is 6.89. The van der Waals surface area contributed by atoms with Gasteiger partial charge in [-0.1, -0.05) is 20.8 Å². The first kappa shape index (κ1) is 18.4. The molecule has 0 saturated heterocycles. The number of primary amides is 1. The van der Waals surface area contributed by atoms with E-state index in [1.54, 1.807) is 0 Å². The van der Waals surface area contributed by atoms with Crippen LogP contribution in [0.5, 0.6) is 0 Å². The van der Waals surface area contributed by atoms with E-state index in [2.05, 4.69) is 0 Å². The molecule has 0 heterocycles. The minimum absolute atomic E-state index is 0.131. The van der Waals surface area contributed by atoms with Crippen molar-refractivity contribution in [3.8, 4) is 0 Å². The number of hydrogen-bond acceptors (Lipinski definition) is 4. The molecule has 4 nitrogen and oxygen atoms in total. The highest BCUT2D eigenvalue weighted by atomic mass is 32.2. The molecule has 0 aromatic rings. The van der Waals surface area contributed by atoms with E-state index >= 15 is 0 Å². The lowest BCUT2D eigenvalue weighted by Gasteiger charge is -2.37. The van der Waals surface area contributed by atoms with Crippen LogP contribution in [0.25, 0.3) is 0 Å². The van der Waals surface area contributed by atoms with Crippen LogP contribution in [0.3, 0.4) is 0 Å². The molecule has 0 aromatic heterocycles. The quantitative estimate of drug-likeness (QED) is 0.811. The maximum atomic E-state index is 11.8. The highest BCUT2D eigenvalue weighted by molar-refractivity contribution is 8.00. The normalized spacial score (nSPS) is 14.5. The monoisotopic (exact) mass is 288 g/mol. The van der Waals surface area contributed by atoms with Crippen LogP contribution in [0.4, 0.5) is 0 Å². The van der Waals surface area contributed by atoms with Gasteiger partial charge in [0.15, 0.2) is 0 Å². The van der Waals surface area contributed by atoms with Gasteiger partial charge in [-0.3, -0.25) is 14.5 Å². The highest BCUT2D eigenvalue weighted by Crippen LogP contribution is 2.21. The first-order valence-electron chi connectivity index (χ1n) is 6.50. The van der Waals surface area contributed by atoms with Gasteiger partial charge in [-0.25, -0.2) is 0 Å². The number of amides is 1. The van der Waals surface area contributed by atoms with Gasteiger partial charge in [0.05, 0.1) is 11.8 Å². The lowest BCUT2D eigenvalue weighted by molar-refractivity contribution is -0.124. The van der Waals surface area contributed by atoms with Crippen molar-refractivity contribution in [1.82, 2.24) is 4.90 Å². The summed E-state index contributed by atoms with van der Waals surface area (Å²) < 4.78 is 0. The Labute approximate surface area is 121 Å². The minimum Gasteiger partial charge on any atom is -0.368 e. The van der Waals surface area contributed by atoms with E-state index in [4.69, 9.17) is 5.73 Å². The van der Waals surface area contributed by atoms with Gasteiger partial charge in [0, 0.05) is 16.7 Å². The number of nitrogens with two attached hydrogens (primary N) is 1. The molecule has 2 N–H and O–H groups in total. The predicted octanol–water partition coefficient (Wildman–Crippen LogP) is 1.92. The maximum Gasteiger partial charge on any atom is 0.235 e. The minimum atomic E-state index is -0.349. The van der Waals surface area contributed by atoms with E-state index in [1.807, 2.05) is 53.5 Å². The van der Waals surface area contributed by atoms with Crippen LogP contribution in [-0.2, 0) is 9.59 Å². The summed E-state index contributed by atoms with van der Waals surface area (Å²) in [7, 11) is 1.89. The Hall–Kier alpha value is -0.550. The van der Waals surface area contributed by atoms with Crippen molar-refractivity contribution in [2.45, 2.75) is 53.1 Å². The molecule has 112 valence electrons. The van der Waals surface area contributed by atoms with Crippen LogP contribution in [0.1, 0.15) is 41.5 Å². The number of likely N-dealkylation sites (N-methyl/N-ethyl adjacent to an activating group) is 1. The Balaban J connectivity index is 4.49. The van der Waals surface area contributed by atoms with E-state index in [0.717, 1.165) is 0 Å². The first-order chi connectivity index (χ1) is 8.37. The van der Waals surface area contributed by atoms with Gasteiger partial charge in [-0.15, -0.1) is 0 Å². The third-order valence-electron chi connectivity index (χ3n) is 3.20. The summed E-state index contributed by atoms with van der Waals surface area (Å²) in [6, 6.07) is -0.349. The molecule has 0 bridgehead atoms. The van der Waals surface area contributed by atoms with Crippen LogP contribution in [0.2, 0.25) is 0 Å². The highest BCUT2D eigenvalue weighted by Gasteiger charge is 2.29. The number of thioether (sulfide) groups is 1. The Bertz CT molecular complexity index is 329. The summed E-state index contributed by atoms with van der Waals surface area (Å²) in [6.07, 6.45) is 0. The number of carbonyl (C=O) groups excluding carboxylic acids is 2. The zero-order valence-corrected chi connectivity index (χ0v) is 14.1. The molecular weight excluding hydrogens is 260 g/mol. The van der Waals surface area contributed by atoms with Gasteiger partial charge in [-0.05, 0) is 27.8 Å². The van der Waals surface area contributed by atoms with Crippen LogP contribution in [0, 0.1) is 5.41 Å². The van der Waals surface area contributed by atoms with Crippen LogP contribution < -0.4 is 5.73 Å². The van der Waals surface area contributed by atoms with Crippen molar-refractivity contribution >= 4 is 23.5 Å². The van der Waals surface area contributed by atoms with E-state index in [0.29, 0.717) is 11.5 Å². The van der Waals surface area contributed by atoms with Gasteiger partial charge in [0.25, 0.3) is 0 Å². The largest absolute Gasteiger partial charge is 0.368 e. The fourth-order valence-corrected chi connectivity index (χ4v) is 2.68. The Morgan fingerprint density at radius 3 is 1.95 bits per heavy atom. The third kappa shape index (κ3) is 6.43. The van der Waals surface area contributed by atoms with E-state index in [-0.39, 0.29) is 28.7 Å². The van der Waals surface area contributed by atoms with Crippen molar-refractivity contribution in [3.63, 3.8) is 0 Å². The summed E-state index contributed by atoms with van der Waals surface area (Å²) in [5.41, 5.74) is 5.00. The molecule has 0 aliphatic heterocycles. The molecule has 0 aromatic carbocycles. The average Bonchev–Trinajstić information content (AvgIpc) is 2.19. The van der Waals surface area contributed by atoms with Crippen LogP contribution in [0.15, 0.2) is 0 Å². The van der Waals surface area contributed by atoms with Crippen LogP contribution >= 0.6 is 11.8 Å². The summed E-state index contributed by atoms with van der Waals surface area (Å²) in [5, 5.41) is 0. The number of ketones is 1. The molecular formula is C14H28N2O2S. The number of nitrogens with zero attached hydrogens (tertiary/aromatic N) is 1. The van der Waals surface area contributed by atoms with Gasteiger partial charge < -0.3 is 5.73 Å². The molecule has 1 atom stereocenters. The predicted molar refractivity (Wildman–Crippen MR) is 82.3 cm³/mol. The molecule has 0 unspecified atom stereocenters. The standard InChI is InChI=1S/C14H28N2O2S/c1-13(2,3)11(17)9-19-8-10(12(15)18)16(7)14(4,5)6/h10H,8-9H2,1-7H3,(H2,15,18)/t10-/m1/s1. The molecule has 0 rings (SSSR count). The van der Waals surface area contributed by atoms with Crippen LogP contribution in [-0.4, -0.2) is 46.7 Å². The first-order valence-corrected chi connectivity index (χ1v) is 7.66. The van der Waals surface area contributed by atoms with E-state index in [1.165, 1.54) is 11.8 Å². The Morgan fingerprint density at radius 2 is 1.63 bits per heavy atom. The Kier molecular flexibility index (Phi) is 6.55. The molecule has 19 heavy (non-hydrogen) atoms. The van der Waals surface area contributed by atoms with Crippen molar-refractivity contribution in [2.75, 3.05) is 18.6 Å². The summed E-state index contributed by atoms with van der Waals surface area (Å²) >= 11 is 1.48. The summed E-state index contributed by atoms with van der Waals surface area (Å²) in [4.78, 5) is 25.3. The second-order valence-corrected chi connectivity index (χ2v) is 7.92. The summed E-state index contributed by atoms with van der Waals surface area (Å²) in [5.74, 6) is 0.822. The SMILES string of the molecule is CN([C@H](CSCC(=O)C(C)(C)C)C(N)=O)C(C)(C)C. The number of carbonyl (C=O) groups is 2. The second kappa shape index (κ2) is 6.75. The fraction of sp³-hybridized carbons (Fsp3) is 0.857. The molecule has 0 radical (unpaired) electrons. The molecule has 0 spiro atoms. The van der Waals surface area contributed by atoms with E-state index in [9.17, 15) is 9.59 Å². The molecule has 1 amide bonds. The zero-order chi connectivity index (χ0) is 15.4. The van der Waals surface area contributed by atoms with Gasteiger partial charge >= 0.3 is 0 Å². The topological polar surface area (TPSA) is 63.4 Å². The molecule has 0 saturated carbocycles. The van der Waals surface area contributed by atoms with Gasteiger partial charge in [0.2, 0.25) is 5.91 Å². The maximum absolute atomic E-state index is 11.8. The lowest BCUT2D eigenvalue weighted by Crippen LogP contribution is -2.52. The smallest absolute Gasteiger partial charge is 0.235 e. The van der Waals surface area contributed by atoms with Gasteiger partial charge in [-0.2, -0.15) is 11.8 Å². The van der Waals surface area contributed by atoms with Crippen molar-refractivity contribution in [3.05, 3.63) is 0 Å². The molecule has 0 aliphatic rings. The number of Topliss-reactive ketones (excluding diaryl/α,β-unsaturated/α-hetero) is 1. The average molecular weight is 288 g/mol. The lowest BCUT2D eigenvalue weighted by atomic mass is 9.92. The number of rotatable bonds is 6. The van der Waals surface area contributed by atoms with Crippen molar-refractivity contribution in [1.29, 1.82) is 0 Å². The molecule has 0 fully saturated rings. The molecule has 0 aliphatic carbocycles. The zero-order valence-electron chi connectivity index (χ0n) is 13.2. The van der Waals surface area contributed by atoms with Crippen molar-refractivity contribution < 1.29 is 9.59 Å². The van der Waals surface area contributed by atoms with Crippen molar-refractivity contribution in [2.24, 2.45) is 11.1 Å². The summed E-state index contributed by atoms with van der Waals surface area (Å²) in [6.45, 7) is 11.8.